The van der Waals surface area contributed by atoms with E-state index < -0.39 is 0 Å². The van der Waals surface area contributed by atoms with Gasteiger partial charge in [-0.05, 0) is 138 Å². The maximum absolute atomic E-state index is 2.56. The zero-order valence-electron chi connectivity index (χ0n) is 39.7. The number of benzene rings is 10. The lowest BCUT2D eigenvalue weighted by molar-refractivity contribution is 0.863. The van der Waals surface area contributed by atoms with Crippen LogP contribution in [0.15, 0.2) is 194 Å². The molecule has 0 fully saturated rings. The van der Waals surface area contributed by atoms with Gasteiger partial charge in [-0.1, -0.05) is 201 Å². The second kappa shape index (κ2) is 17.7. The van der Waals surface area contributed by atoms with Crippen LogP contribution in [0, 0.1) is 0 Å². The summed E-state index contributed by atoms with van der Waals surface area (Å²) >= 11 is 0. The highest BCUT2D eigenvalue weighted by atomic mass is 15.2. The van der Waals surface area contributed by atoms with Crippen molar-refractivity contribution in [2.24, 2.45) is 0 Å². The van der Waals surface area contributed by atoms with Crippen molar-refractivity contribution in [2.45, 2.75) is 79.1 Å². The maximum Gasteiger partial charge on any atom is 0.0543 e. The van der Waals surface area contributed by atoms with E-state index in [0.29, 0.717) is 11.8 Å². The molecule has 66 heavy (non-hydrogen) atoms. The molecule has 2 heteroatoms. The molecule has 326 valence electrons. The molecule has 0 saturated carbocycles. The van der Waals surface area contributed by atoms with Gasteiger partial charge in [0.15, 0.2) is 0 Å². The number of hydrogen-bond donors (Lipinski definition) is 0. The molecule has 0 aliphatic carbocycles. The Morgan fingerprint density at radius 2 is 0.576 bits per heavy atom. The molecular weight excluding hydrogens is 797 g/mol. The van der Waals surface area contributed by atoms with E-state index >= 15 is 0 Å². The molecule has 0 atom stereocenters. The summed E-state index contributed by atoms with van der Waals surface area (Å²) < 4.78 is 0. The van der Waals surface area contributed by atoms with E-state index in [1.807, 2.05) is 0 Å². The first-order valence-electron chi connectivity index (χ1n) is 24.0. The summed E-state index contributed by atoms with van der Waals surface area (Å²) in [6, 6.07) is 72.6. The highest BCUT2D eigenvalue weighted by Crippen LogP contribution is 2.52. The smallest absolute Gasteiger partial charge is 0.0543 e. The first-order chi connectivity index (χ1) is 32.1. The summed E-state index contributed by atoms with van der Waals surface area (Å²) in [5.41, 5.74) is 17.3. The van der Waals surface area contributed by atoms with Crippen LogP contribution >= 0.6 is 0 Å². The predicted octanol–water partition coefficient (Wildman–Crippen LogP) is 19.4. The average Bonchev–Trinajstić information content (AvgIpc) is 3.34. The van der Waals surface area contributed by atoms with E-state index in [2.05, 4.69) is 259 Å². The quantitative estimate of drug-likeness (QED) is 0.113. The lowest BCUT2D eigenvalue weighted by Crippen LogP contribution is -2.15. The largest absolute Gasteiger partial charge is 0.310 e. The van der Waals surface area contributed by atoms with E-state index in [1.54, 1.807) is 0 Å². The third-order valence-corrected chi connectivity index (χ3v) is 13.7. The van der Waals surface area contributed by atoms with Gasteiger partial charge in [0.1, 0.15) is 0 Å². The van der Waals surface area contributed by atoms with Gasteiger partial charge in [-0.15, -0.1) is 0 Å². The van der Waals surface area contributed by atoms with Gasteiger partial charge in [-0.25, -0.2) is 0 Å². The lowest BCUT2D eigenvalue weighted by Gasteiger charge is -2.33. The highest BCUT2D eigenvalue weighted by Gasteiger charge is 2.28. The Kier molecular flexibility index (Phi) is 11.5. The summed E-state index contributed by atoms with van der Waals surface area (Å²) in [6.45, 7) is 18.7. The fraction of sp³-hybridized carbons (Fsp3) is 0.188. The Labute approximate surface area is 392 Å². The van der Waals surface area contributed by atoms with Gasteiger partial charge in [0.05, 0.1) is 22.7 Å². The average molecular weight is 857 g/mol. The molecule has 0 aromatic heterocycles. The molecule has 0 aliphatic rings. The Bertz CT molecular complexity index is 3070. The Morgan fingerprint density at radius 1 is 0.258 bits per heavy atom. The molecule has 0 radical (unpaired) electrons. The molecule has 0 amide bonds. The van der Waals surface area contributed by atoms with Crippen LogP contribution in [0.4, 0.5) is 34.1 Å². The summed E-state index contributed by atoms with van der Waals surface area (Å²) in [7, 11) is 0. The van der Waals surface area contributed by atoms with Crippen LogP contribution in [0.1, 0.15) is 101 Å². The standard InChI is InChI=1S/C64H60N2/c1-41(2)51-31-29-47(45-21-13-9-14-22-45)37-59(51)65(49-25-17-11-18-26-49)61-39-57(43(5)6)53-34-36-56-62(40-58(44(7)8)54-33-35-55(61)63(53)64(54)56)66(50-27-19-12-20-28-50)60-38-48(30-32-52(60)42(3)4)46-23-15-10-16-24-46/h9-44H,1-8H3. The second-order valence-electron chi connectivity index (χ2n) is 19.3. The molecule has 10 rings (SSSR count). The van der Waals surface area contributed by atoms with Crippen LogP contribution in [0.25, 0.3) is 54.6 Å². The topological polar surface area (TPSA) is 6.48 Å². The monoisotopic (exact) mass is 856 g/mol. The Hall–Kier alpha value is -7.16. The zero-order valence-corrected chi connectivity index (χ0v) is 39.7. The Balaban J connectivity index is 1.33. The van der Waals surface area contributed by atoms with Gasteiger partial charge in [0.2, 0.25) is 0 Å². The third-order valence-electron chi connectivity index (χ3n) is 13.7. The van der Waals surface area contributed by atoms with E-state index in [9.17, 15) is 0 Å². The molecule has 0 saturated heterocycles. The zero-order chi connectivity index (χ0) is 45.6. The number of nitrogens with zero attached hydrogens (tertiary/aromatic N) is 2. The van der Waals surface area contributed by atoms with Crippen molar-refractivity contribution in [1.29, 1.82) is 0 Å². The molecule has 0 aliphatic heterocycles. The van der Waals surface area contributed by atoms with Crippen molar-refractivity contribution in [2.75, 3.05) is 9.80 Å². The minimum absolute atomic E-state index is 0.283. The lowest BCUT2D eigenvalue weighted by atomic mass is 9.83. The van der Waals surface area contributed by atoms with Crippen LogP contribution < -0.4 is 9.80 Å². The number of hydrogen-bond acceptors (Lipinski definition) is 2. The van der Waals surface area contributed by atoms with Gasteiger partial charge >= 0.3 is 0 Å². The van der Waals surface area contributed by atoms with Crippen LogP contribution in [0.2, 0.25) is 0 Å². The van der Waals surface area contributed by atoms with Crippen LogP contribution in [0.5, 0.6) is 0 Å². The van der Waals surface area contributed by atoms with Gasteiger partial charge in [-0.3, -0.25) is 0 Å². The normalized spacial score (nSPS) is 11.9. The van der Waals surface area contributed by atoms with Gasteiger partial charge in [0, 0.05) is 22.1 Å². The molecule has 10 aromatic carbocycles. The molecule has 0 N–H and O–H groups in total. The van der Waals surface area contributed by atoms with Crippen molar-refractivity contribution >= 4 is 66.4 Å². The summed E-state index contributed by atoms with van der Waals surface area (Å²) in [6.07, 6.45) is 0. The first kappa shape index (κ1) is 42.8. The van der Waals surface area contributed by atoms with Crippen LogP contribution in [-0.2, 0) is 0 Å². The predicted molar refractivity (Wildman–Crippen MR) is 287 cm³/mol. The summed E-state index contributed by atoms with van der Waals surface area (Å²) in [4.78, 5) is 5.12. The fourth-order valence-corrected chi connectivity index (χ4v) is 10.4. The van der Waals surface area contributed by atoms with Gasteiger partial charge in [-0.2, -0.15) is 0 Å². The Morgan fingerprint density at radius 3 is 0.909 bits per heavy atom. The minimum Gasteiger partial charge on any atom is -0.310 e. The van der Waals surface area contributed by atoms with Gasteiger partial charge < -0.3 is 9.80 Å². The number of para-hydroxylation sites is 2. The minimum atomic E-state index is 0.283. The van der Waals surface area contributed by atoms with E-state index in [1.165, 1.54) is 99.6 Å². The molecule has 10 aromatic rings. The van der Waals surface area contributed by atoms with E-state index in [0.717, 1.165) is 11.4 Å². The van der Waals surface area contributed by atoms with Crippen molar-refractivity contribution in [1.82, 2.24) is 0 Å². The van der Waals surface area contributed by atoms with Crippen LogP contribution in [-0.4, -0.2) is 0 Å². The summed E-state index contributed by atoms with van der Waals surface area (Å²) in [5.74, 6) is 1.17. The highest BCUT2D eigenvalue weighted by molar-refractivity contribution is 6.29. The third kappa shape index (κ3) is 7.59. The molecule has 0 spiro atoms. The van der Waals surface area contributed by atoms with Crippen molar-refractivity contribution in [3.05, 3.63) is 216 Å². The van der Waals surface area contributed by atoms with E-state index in [-0.39, 0.29) is 11.8 Å². The fourth-order valence-electron chi connectivity index (χ4n) is 10.4. The van der Waals surface area contributed by atoms with Crippen molar-refractivity contribution in [3.63, 3.8) is 0 Å². The second-order valence-corrected chi connectivity index (χ2v) is 19.3. The van der Waals surface area contributed by atoms with Crippen molar-refractivity contribution in [3.8, 4) is 22.3 Å². The maximum atomic E-state index is 2.56. The molecular formula is C64H60N2. The van der Waals surface area contributed by atoms with E-state index in [4.69, 9.17) is 0 Å². The number of anilines is 6. The SMILES string of the molecule is CC(C)c1ccc(-c2ccccc2)cc1N(c1ccccc1)c1cc(C(C)C)c2ccc3c(N(c4ccccc4)c4cc(-c5ccccc5)ccc4C(C)C)cc(C(C)C)c4ccc1c2c43. The van der Waals surface area contributed by atoms with Gasteiger partial charge in [0.25, 0.3) is 0 Å². The molecule has 0 heterocycles. The molecule has 0 bridgehead atoms. The van der Waals surface area contributed by atoms with Crippen molar-refractivity contribution < 1.29 is 0 Å². The molecule has 0 unspecified atom stereocenters. The summed E-state index contributed by atoms with van der Waals surface area (Å²) in [5, 5.41) is 7.81. The van der Waals surface area contributed by atoms with Crippen LogP contribution in [0.3, 0.4) is 0 Å². The molecule has 2 nitrogen and oxygen atoms in total. The first-order valence-corrected chi connectivity index (χ1v) is 24.0. The number of rotatable bonds is 12.